The summed E-state index contributed by atoms with van der Waals surface area (Å²) in [7, 11) is -4.56. The van der Waals surface area contributed by atoms with Crippen molar-refractivity contribution in [3.63, 3.8) is 0 Å². The highest BCUT2D eigenvalue weighted by Crippen LogP contribution is 2.38. The quantitative estimate of drug-likeness (QED) is 0.0583. The highest BCUT2D eigenvalue weighted by Gasteiger charge is 2.36. The standard InChI is InChI=1S/C45H42F4N6O5S3/c46-30-12-14-39-41(24-30)62-44(52-39)53-43(57)34-9-4-6-29-16-19-55(26-35(29)34)42-11-5-10-38(51-42)40(56)28-63(58,59)33-13-15-37(36(25-33)45(47,48)49)50-31(17-18-54-20-22-60-23-21-54)27-61-32-7-2-1-3-8-32/h1-15,24-25,31,50H,16-23,26-28H2,(H,52,53,57)/t31-/m1/s1. The summed E-state index contributed by atoms with van der Waals surface area (Å²) in [6.45, 7) is 3.99. The fourth-order valence-electron chi connectivity index (χ4n) is 7.56. The Hall–Kier alpha value is -5.40. The third kappa shape index (κ3) is 10.9. The number of aromatic nitrogens is 2. The van der Waals surface area contributed by atoms with Crippen molar-refractivity contribution in [2.45, 2.75) is 41.4 Å². The minimum atomic E-state index is -4.90. The van der Waals surface area contributed by atoms with Crippen molar-refractivity contribution in [3.05, 3.63) is 137 Å². The van der Waals surface area contributed by atoms with Gasteiger partial charge in [0, 0.05) is 60.7 Å². The fourth-order valence-corrected chi connectivity index (χ4v) is 10.7. The van der Waals surface area contributed by atoms with Gasteiger partial charge in [-0.1, -0.05) is 47.7 Å². The Morgan fingerprint density at radius 3 is 2.49 bits per heavy atom. The van der Waals surface area contributed by atoms with E-state index in [9.17, 15) is 35.6 Å². The molecule has 2 aliphatic rings. The summed E-state index contributed by atoms with van der Waals surface area (Å²) in [6, 6.07) is 26.1. The molecule has 2 N–H and O–H groups in total. The van der Waals surface area contributed by atoms with Gasteiger partial charge in [-0.2, -0.15) is 13.2 Å². The monoisotopic (exact) mass is 918 g/mol. The largest absolute Gasteiger partial charge is 0.418 e. The average molecular weight is 919 g/mol. The van der Waals surface area contributed by atoms with E-state index >= 15 is 0 Å². The lowest BCUT2D eigenvalue weighted by molar-refractivity contribution is -0.137. The van der Waals surface area contributed by atoms with Crippen molar-refractivity contribution in [1.29, 1.82) is 0 Å². The number of halogens is 4. The smallest absolute Gasteiger partial charge is 0.381 e. The van der Waals surface area contributed by atoms with Gasteiger partial charge in [0.15, 0.2) is 20.8 Å². The van der Waals surface area contributed by atoms with Gasteiger partial charge in [0.2, 0.25) is 0 Å². The van der Waals surface area contributed by atoms with Crippen LogP contribution in [0, 0.1) is 5.82 Å². The molecule has 1 atom stereocenters. The number of thioether (sulfide) groups is 1. The van der Waals surface area contributed by atoms with Crippen LogP contribution in [-0.2, 0) is 33.7 Å². The van der Waals surface area contributed by atoms with Gasteiger partial charge in [0.25, 0.3) is 5.91 Å². The Kier molecular flexibility index (Phi) is 13.4. The Morgan fingerprint density at radius 1 is 0.905 bits per heavy atom. The normalized spacial score (nSPS) is 15.2. The number of amides is 1. The Balaban J connectivity index is 0.962. The molecule has 0 aliphatic carbocycles. The van der Waals surface area contributed by atoms with Crippen LogP contribution in [-0.4, -0.2) is 91.9 Å². The van der Waals surface area contributed by atoms with E-state index in [1.807, 2.05) is 41.3 Å². The molecule has 2 aliphatic heterocycles. The van der Waals surface area contributed by atoms with E-state index in [0.29, 0.717) is 77.7 Å². The number of ether oxygens (including phenoxy) is 1. The van der Waals surface area contributed by atoms with Crippen LogP contribution in [0.15, 0.2) is 113 Å². The third-order valence-corrected chi connectivity index (χ3v) is 14.6. The van der Waals surface area contributed by atoms with E-state index in [-0.39, 0.29) is 17.9 Å². The topological polar surface area (TPSA) is 134 Å². The van der Waals surface area contributed by atoms with E-state index < -0.39 is 55.8 Å². The number of pyridine rings is 1. The van der Waals surface area contributed by atoms with Crippen LogP contribution in [0.5, 0.6) is 0 Å². The maximum absolute atomic E-state index is 14.7. The first-order valence-corrected chi connectivity index (χ1v) is 23.7. The Morgan fingerprint density at radius 2 is 1.70 bits per heavy atom. The first-order chi connectivity index (χ1) is 30.3. The summed E-state index contributed by atoms with van der Waals surface area (Å²) >= 11 is 2.66. The molecule has 8 rings (SSSR count). The van der Waals surface area contributed by atoms with Gasteiger partial charge in [0.1, 0.15) is 23.1 Å². The van der Waals surface area contributed by atoms with Crippen molar-refractivity contribution < 1.29 is 40.3 Å². The van der Waals surface area contributed by atoms with E-state index in [4.69, 9.17) is 4.74 Å². The van der Waals surface area contributed by atoms with Crippen LogP contribution < -0.4 is 15.5 Å². The van der Waals surface area contributed by atoms with E-state index in [1.165, 1.54) is 36.0 Å². The summed E-state index contributed by atoms with van der Waals surface area (Å²) in [4.78, 5) is 40.4. The number of thiazole rings is 1. The van der Waals surface area contributed by atoms with Crippen molar-refractivity contribution in [2.75, 3.05) is 66.4 Å². The summed E-state index contributed by atoms with van der Waals surface area (Å²) in [5.74, 6) is -1.98. The first-order valence-electron chi connectivity index (χ1n) is 20.2. The predicted octanol–water partition coefficient (Wildman–Crippen LogP) is 8.62. The lowest BCUT2D eigenvalue weighted by Crippen LogP contribution is -2.39. The minimum absolute atomic E-state index is 0.173. The number of sulfone groups is 1. The summed E-state index contributed by atoms with van der Waals surface area (Å²) in [5, 5.41) is 6.20. The number of carbonyl (C=O) groups excluding carboxylic acids is 2. The maximum atomic E-state index is 14.7. The lowest BCUT2D eigenvalue weighted by atomic mass is 9.94. The Bertz CT molecular complexity index is 2730. The maximum Gasteiger partial charge on any atom is 0.418 e. The molecule has 2 aromatic heterocycles. The number of anilines is 3. The molecule has 1 saturated heterocycles. The van der Waals surface area contributed by atoms with Crippen LogP contribution in [0.1, 0.15) is 44.0 Å². The minimum Gasteiger partial charge on any atom is -0.381 e. The van der Waals surface area contributed by atoms with Gasteiger partial charge in [-0.25, -0.2) is 22.8 Å². The predicted molar refractivity (Wildman–Crippen MR) is 237 cm³/mol. The van der Waals surface area contributed by atoms with Gasteiger partial charge in [-0.15, -0.1) is 11.8 Å². The second-order valence-electron chi connectivity index (χ2n) is 15.2. The summed E-state index contributed by atoms with van der Waals surface area (Å²) in [5.41, 5.74) is 1.05. The van der Waals surface area contributed by atoms with Gasteiger partial charge >= 0.3 is 6.18 Å². The van der Waals surface area contributed by atoms with Crippen LogP contribution >= 0.6 is 23.1 Å². The zero-order valence-corrected chi connectivity index (χ0v) is 36.2. The van der Waals surface area contributed by atoms with Crippen molar-refractivity contribution >= 4 is 71.5 Å². The molecule has 11 nitrogen and oxygen atoms in total. The first kappa shape index (κ1) is 44.2. The number of ketones is 1. The molecular formula is C45H42F4N6O5S3. The number of benzene rings is 4. The number of hydrogen-bond acceptors (Lipinski definition) is 12. The zero-order chi connectivity index (χ0) is 44.1. The van der Waals surface area contributed by atoms with Crippen molar-refractivity contribution in [1.82, 2.24) is 14.9 Å². The molecule has 328 valence electrons. The number of nitrogens with one attached hydrogen (secondary N) is 2. The number of hydrogen-bond donors (Lipinski definition) is 2. The number of nitrogens with zero attached hydrogens (tertiary/aromatic N) is 4. The number of alkyl halides is 3. The molecule has 0 spiro atoms. The molecule has 1 fully saturated rings. The number of carbonyl (C=O) groups is 2. The highest BCUT2D eigenvalue weighted by molar-refractivity contribution is 7.99. The second kappa shape index (κ2) is 19.1. The molecule has 0 radical (unpaired) electrons. The number of fused-ring (bicyclic) bond motifs is 2. The highest BCUT2D eigenvalue weighted by atomic mass is 32.2. The number of Topliss-reactive ketones (excluding diaryl/α,β-unsaturated/α-hetero) is 1. The molecule has 0 unspecified atom stereocenters. The van der Waals surface area contributed by atoms with Gasteiger partial charge in [-0.05, 0) is 90.7 Å². The van der Waals surface area contributed by atoms with Crippen molar-refractivity contribution in [2.24, 2.45) is 0 Å². The third-order valence-electron chi connectivity index (χ3n) is 10.9. The van der Waals surface area contributed by atoms with Crippen molar-refractivity contribution in [3.8, 4) is 0 Å². The van der Waals surface area contributed by atoms with Crippen LogP contribution in [0.2, 0.25) is 0 Å². The summed E-state index contributed by atoms with van der Waals surface area (Å²) < 4.78 is 91.1. The molecule has 4 heterocycles. The lowest BCUT2D eigenvalue weighted by Gasteiger charge is -2.31. The summed E-state index contributed by atoms with van der Waals surface area (Å²) in [6.07, 6.45) is -3.83. The molecule has 6 aromatic rings. The zero-order valence-electron chi connectivity index (χ0n) is 33.7. The van der Waals surface area contributed by atoms with Crippen LogP contribution in [0.25, 0.3) is 10.2 Å². The van der Waals surface area contributed by atoms with E-state index in [2.05, 4.69) is 25.5 Å². The SMILES string of the molecule is O=C(CS(=O)(=O)c1ccc(N[C@H](CCN2CCOCC2)CSc2ccccc2)c(C(F)(F)F)c1)c1cccc(N2CCc3cccc(C(=O)Nc4nc5ccc(F)cc5s4)c3C2)n1. The van der Waals surface area contributed by atoms with Crippen LogP contribution in [0.4, 0.5) is 34.2 Å². The average Bonchev–Trinajstić information content (AvgIpc) is 3.68. The van der Waals surface area contributed by atoms with Crippen LogP contribution in [0.3, 0.4) is 0 Å². The molecule has 63 heavy (non-hydrogen) atoms. The number of rotatable bonds is 15. The fraction of sp³-hybridized carbons (Fsp3) is 0.289. The van der Waals surface area contributed by atoms with E-state index in [0.717, 1.165) is 52.6 Å². The molecule has 18 heteroatoms. The molecule has 0 bridgehead atoms. The van der Waals surface area contributed by atoms with Gasteiger partial charge in [0.05, 0.1) is 33.9 Å². The molecular weight excluding hydrogens is 877 g/mol. The van der Waals surface area contributed by atoms with Gasteiger partial charge < -0.3 is 15.0 Å². The van der Waals surface area contributed by atoms with E-state index in [1.54, 1.807) is 24.3 Å². The Labute approximate surface area is 369 Å². The molecule has 4 aromatic carbocycles. The molecule has 1 amide bonds. The van der Waals surface area contributed by atoms with Gasteiger partial charge in [-0.3, -0.25) is 19.8 Å². The number of morpholine rings is 1. The molecule has 0 saturated carbocycles. The second-order valence-corrected chi connectivity index (χ2v) is 19.3.